The molecule has 0 spiro atoms. The second kappa shape index (κ2) is 9.70. The molecular weight excluding hydrogens is 390 g/mol. The molecule has 8 heteroatoms. The van der Waals surface area contributed by atoms with E-state index in [0.29, 0.717) is 19.6 Å². The van der Waals surface area contributed by atoms with Crippen molar-refractivity contribution < 1.29 is 4.79 Å². The number of carbonyl (C=O) groups is 1. The van der Waals surface area contributed by atoms with E-state index in [0.717, 1.165) is 48.7 Å². The van der Waals surface area contributed by atoms with Crippen LogP contribution in [0.1, 0.15) is 33.0 Å². The number of aromatic amines is 1. The number of aryl methyl sites for hydroxylation is 1. The van der Waals surface area contributed by atoms with Gasteiger partial charge in [-0.3, -0.25) is 14.8 Å². The highest BCUT2D eigenvalue weighted by Crippen LogP contribution is 2.17. The van der Waals surface area contributed by atoms with E-state index in [9.17, 15) is 4.79 Å². The molecule has 0 radical (unpaired) electrons. The summed E-state index contributed by atoms with van der Waals surface area (Å²) in [4.78, 5) is 26.4. The van der Waals surface area contributed by atoms with Crippen molar-refractivity contribution in [3.8, 4) is 0 Å². The Labute approximate surface area is 182 Å². The standard InChI is InChI=1S/C23H29N7O/c1-17-18(2)27-22(28-21(17)24-9-8-20-14-25-26-15-20)23(31)30-12-10-29(11-13-30)16-19-6-4-3-5-7-19/h3-7,14-15H,8-13,16H2,1-2H3,(H,25,26)(H,24,27,28). The summed E-state index contributed by atoms with van der Waals surface area (Å²) in [6.45, 7) is 8.59. The van der Waals surface area contributed by atoms with Gasteiger partial charge in [-0.25, -0.2) is 9.97 Å². The third kappa shape index (κ3) is 5.27. The summed E-state index contributed by atoms with van der Waals surface area (Å²) in [6.07, 6.45) is 4.52. The molecule has 3 heterocycles. The van der Waals surface area contributed by atoms with Crippen LogP contribution in [-0.2, 0) is 13.0 Å². The van der Waals surface area contributed by atoms with Crippen LogP contribution >= 0.6 is 0 Å². The molecule has 0 bridgehead atoms. The highest BCUT2D eigenvalue weighted by molar-refractivity contribution is 5.91. The lowest BCUT2D eigenvalue weighted by Crippen LogP contribution is -2.48. The SMILES string of the molecule is Cc1nc(C(=O)N2CCN(Cc3ccccc3)CC2)nc(NCCc2cn[nH]c2)c1C. The summed E-state index contributed by atoms with van der Waals surface area (Å²) in [5.41, 5.74) is 4.22. The Hall–Kier alpha value is -3.26. The molecule has 1 aliphatic rings. The second-order valence-corrected chi connectivity index (χ2v) is 7.94. The minimum Gasteiger partial charge on any atom is -0.369 e. The van der Waals surface area contributed by atoms with Crippen molar-refractivity contribution >= 4 is 11.7 Å². The number of rotatable bonds is 7. The molecule has 1 fully saturated rings. The van der Waals surface area contributed by atoms with Crippen LogP contribution in [0.15, 0.2) is 42.7 Å². The molecule has 31 heavy (non-hydrogen) atoms. The fraction of sp³-hybridized carbons (Fsp3) is 0.391. The molecule has 8 nitrogen and oxygen atoms in total. The average molecular weight is 420 g/mol. The third-order valence-electron chi connectivity index (χ3n) is 5.75. The number of carbonyl (C=O) groups excluding carboxylic acids is 1. The predicted molar refractivity (Wildman–Crippen MR) is 120 cm³/mol. The van der Waals surface area contributed by atoms with E-state index in [1.807, 2.05) is 37.2 Å². The van der Waals surface area contributed by atoms with Gasteiger partial charge in [0.1, 0.15) is 5.82 Å². The van der Waals surface area contributed by atoms with Crippen LogP contribution in [0.3, 0.4) is 0 Å². The van der Waals surface area contributed by atoms with Crippen LogP contribution in [0.2, 0.25) is 0 Å². The van der Waals surface area contributed by atoms with Crippen molar-refractivity contribution in [2.45, 2.75) is 26.8 Å². The zero-order valence-electron chi connectivity index (χ0n) is 18.1. The van der Waals surface area contributed by atoms with Gasteiger partial charge in [0.25, 0.3) is 5.91 Å². The molecule has 2 N–H and O–H groups in total. The number of aromatic nitrogens is 4. The molecule has 1 saturated heterocycles. The molecule has 0 unspecified atom stereocenters. The molecule has 2 aromatic heterocycles. The number of anilines is 1. The maximum Gasteiger partial charge on any atom is 0.291 e. The van der Waals surface area contributed by atoms with Gasteiger partial charge >= 0.3 is 0 Å². The number of hydrogen-bond donors (Lipinski definition) is 2. The first-order chi connectivity index (χ1) is 15.1. The van der Waals surface area contributed by atoms with Gasteiger partial charge in [-0.05, 0) is 31.4 Å². The van der Waals surface area contributed by atoms with Crippen molar-refractivity contribution in [1.29, 1.82) is 0 Å². The van der Waals surface area contributed by atoms with Gasteiger partial charge in [0.15, 0.2) is 0 Å². The summed E-state index contributed by atoms with van der Waals surface area (Å²) in [5.74, 6) is 0.896. The van der Waals surface area contributed by atoms with E-state index in [4.69, 9.17) is 0 Å². The third-order valence-corrected chi connectivity index (χ3v) is 5.75. The first-order valence-corrected chi connectivity index (χ1v) is 10.7. The van der Waals surface area contributed by atoms with E-state index < -0.39 is 0 Å². The fourth-order valence-electron chi connectivity index (χ4n) is 3.73. The topological polar surface area (TPSA) is 90.0 Å². The normalized spacial score (nSPS) is 14.6. The van der Waals surface area contributed by atoms with Gasteiger partial charge in [0, 0.05) is 56.7 Å². The fourth-order valence-corrected chi connectivity index (χ4v) is 3.73. The number of benzene rings is 1. The Morgan fingerprint density at radius 2 is 1.84 bits per heavy atom. The Morgan fingerprint density at radius 3 is 2.55 bits per heavy atom. The Balaban J connectivity index is 1.36. The smallest absolute Gasteiger partial charge is 0.291 e. The molecule has 1 amide bonds. The van der Waals surface area contributed by atoms with Crippen molar-refractivity contribution in [2.75, 3.05) is 38.0 Å². The van der Waals surface area contributed by atoms with Gasteiger partial charge < -0.3 is 10.2 Å². The van der Waals surface area contributed by atoms with Crippen LogP contribution in [0.4, 0.5) is 5.82 Å². The van der Waals surface area contributed by atoms with Crippen molar-refractivity contribution in [3.63, 3.8) is 0 Å². The summed E-state index contributed by atoms with van der Waals surface area (Å²) in [5, 5.41) is 10.1. The molecule has 0 saturated carbocycles. The number of piperazine rings is 1. The number of H-pyrrole nitrogens is 1. The Bertz CT molecular complexity index is 996. The first-order valence-electron chi connectivity index (χ1n) is 10.7. The monoisotopic (exact) mass is 419 g/mol. The molecule has 162 valence electrons. The van der Waals surface area contributed by atoms with E-state index in [2.05, 4.69) is 54.6 Å². The van der Waals surface area contributed by atoms with Gasteiger partial charge in [-0.15, -0.1) is 0 Å². The number of nitrogens with one attached hydrogen (secondary N) is 2. The number of hydrogen-bond acceptors (Lipinski definition) is 6. The van der Waals surface area contributed by atoms with Gasteiger partial charge in [-0.1, -0.05) is 30.3 Å². The lowest BCUT2D eigenvalue weighted by atomic mass is 10.2. The van der Waals surface area contributed by atoms with Crippen molar-refractivity contribution in [3.05, 3.63) is 70.9 Å². The molecule has 0 atom stereocenters. The summed E-state index contributed by atoms with van der Waals surface area (Å²) in [6, 6.07) is 10.4. The summed E-state index contributed by atoms with van der Waals surface area (Å²) >= 11 is 0. The molecule has 3 aromatic rings. The minimum atomic E-state index is -0.0969. The van der Waals surface area contributed by atoms with Crippen LogP contribution in [-0.4, -0.2) is 68.6 Å². The summed E-state index contributed by atoms with van der Waals surface area (Å²) < 4.78 is 0. The maximum atomic E-state index is 13.1. The van der Waals surface area contributed by atoms with E-state index in [1.165, 1.54) is 5.56 Å². The number of amides is 1. The van der Waals surface area contributed by atoms with Crippen LogP contribution < -0.4 is 5.32 Å². The van der Waals surface area contributed by atoms with Crippen LogP contribution in [0.5, 0.6) is 0 Å². The van der Waals surface area contributed by atoms with Crippen molar-refractivity contribution in [2.24, 2.45) is 0 Å². The first kappa shape index (κ1) is 21.0. The highest BCUT2D eigenvalue weighted by atomic mass is 16.2. The zero-order chi connectivity index (χ0) is 21.6. The molecule has 1 aliphatic heterocycles. The van der Waals surface area contributed by atoms with Gasteiger partial charge in [0.05, 0.1) is 6.20 Å². The lowest BCUT2D eigenvalue weighted by molar-refractivity contribution is 0.0616. The highest BCUT2D eigenvalue weighted by Gasteiger charge is 2.25. The Morgan fingerprint density at radius 1 is 1.06 bits per heavy atom. The second-order valence-electron chi connectivity index (χ2n) is 7.94. The summed E-state index contributed by atoms with van der Waals surface area (Å²) in [7, 11) is 0. The van der Waals surface area contributed by atoms with E-state index >= 15 is 0 Å². The van der Waals surface area contributed by atoms with Crippen LogP contribution in [0.25, 0.3) is 0 Å². The average Bonchev–Trinajstić information content (AvgIpc) is 3.31. The molecular formula is C23H29N7O. The van der Waals surface area contributed by atoms with Crippen LogP contribution in [0, 0.1) is 13.8 Å². The Kier molecular flexibility index (Phi) is 6.57. The molecule has 1 aromatic carbocycles. The minimum absolute atomic E-state index is 0.0969. The predicted octanol–water partition coefficient (Wildman–Crippen LogP) is 2.43. The van der Waals surface area contributed by atoms with Gasteiger partial charge in [-0.2, -0.15) is 5.10 Å². The van der Waals surface area contributed by atoms with E-state index in [1.54, 1.807) is 0 Å². The number of nitrogens with zero attached hydrogens (tertiary/aromatic N) is 5. The zero-order valence-corrected chi connectivity index (χ0v) is 18.1. The molecule has 0 aliphatic carbocycles. The maximum absolute atomic E-state index is 13.1. The van der Waals surface area contributed by atoms with E-state index in [-0.39, 0.29) is 11.7 Å². The van der Waals surface area contributed by atoms with Crippen molar-refractivity contribution in [1.82, 2.24) is 30.0 Å². The largest absolute Gasteiger partial charge is 0.369 e. The lowest BCUT2D eigenvalue weighted by Gasteiger charge is -2.34. The quantitative estimate of drug-likeness (QED) is 0.611. The van der Waals surface area contributed by atoms with Gasteiger partial charge in [0.2, 0.25) is 5.82 Å². The molecule has 4 rings (SSSR count).